The molecule has 1 aromatic heterocycles. The number of ether oxygens (including phenoxy) is 1. The van der Waals surface area contributed by atoms with E-state index < -0.39 is 18.1 Å². The topological polar surface area (TPSA) is 98.0 Å². The maximum atomic E-state index is 14.3. The Kier molecular flexibility index (Phi) is 6.93. The van der Waals surface area contributed by atoms with Gasteiger partial charge >= 0.3 is 6.03 Å². The first-order valence-electron chi connectivity index (χ1n) is 14.2. The molecule has 10 heteroatoms. The van der Waals surface area contributed by atoms with E-state index in [1.165, 1.54) is 4.90 Å². The van der Waals surface area contributed by atoms with Gasteiger partial charge in [0.25, 0.3) is 11.8 Å². The number of imide groups is 1. The number of H-pyrrole nitrogens is 1. The number of para-hydroxylation sites is 2. The first kappa shape index (κ1) is 26.7. The molecule has 2 saturated heterocycles. The summed E-state index contributed by atoms with van der Waals surface area (Å²) in [4.78, 5) is 50.3. The molecule has 0 bridgehead atoms. The molecule has 0 spiro atoms. The van der Waals surface area contributed by atoms with E-state index in [0.29, 0.717) is 37.7 Å². The van der Waals surface area contributed by atoms with Gasteiger partial charge in [-0.3, -0.25) is 19.4 Å². The highest BCUT2D eigenvalue weighted by Gasteiger charge is 2.53. The highest BCUT2D eigenvalue weighted by atomic mass is 35.5. The Bertz CT molecular complexity index is 1700. The molecule has 2 atom stereocenters. The SMILES string of the molecule is O=C(NCCN1CCOCC1)c1ccccc1N1C(=O)[C@@H]2Cc3c([nH]c4ccccc34)C(c3cccc(Cl)c3)N2C1=O. The van der Waals surface area contributed by atoms with Crippen molar-refractivity contribution >= 4 is 46.0 Å². The van der Waals surface area contributed by atoms with Gasteiger partial charge in [-0.2, -0.15) is 0 Å². The van der Waals surface area contributed by atoms with E-state index in [2.05, 4.69) is 15.2 Å². The van der Waals surface area contributed by atoms with Crippen LogP contribution in [0.5, 0.6) is 0 Å². The second-order valence-electron chi connectivity index (χ2n) is 10.8. The number of fused-ring (bicyclic) bond motifs is 4. The predicted octanol–water partition coefficient (Wildman–Crippen LogP) is 4.37. The number of aromatic nitrogens is 1. The van der Waals surface area contributed by atoms with Gasteiger partial charge in [-0.15, -0.1) is 0 Å². The number of urea groups is 1. The predicted molar refractivity (Wildman–Crippen MR) is 160 cm³/mol. The zero-order valence-electron chi connectivity index (χ0n) is 22.9. The highest BCUT2D eigenvalue weighted by molar-refractivity contribution is 6.30. The van der Waals surface area contributed by atoms with E-state index >= 15 is 0 Å². The van der Waals surface area contributed by atoms with Gasteiger partial charge in [0.2, 0.25) is 0 Å². The minimum Gasteiger partial charge on any atom is -0.379 e. The number of carbonyl (C=O) groups is 3. The summed E-state index contributed by atoms with van der Waals surface area (Å²) in [5.41, 5.74) is 4.19. The van der Waals surface area contributed by atoms with E-state index in [0.717, 1.165) is 40.8 Å². The third-order valence-corrected chi connectivity index (χ3v) is 8.66. The average Bonchev–Trinajstić information content (AvgIpc) is 3.50. The van der Waals surface area contributed by atoms with Crippen LogP contribution in [0.25, 0.3) is 10.9 Å². The summed E-state index contributed by atoms with van der Waals surface area (Å²) < 4.78 is 5.40. The van der Waals surface area contributed by atoms with Crippen molar-refractivity contribution in [3.63, 3.8) is 0 Å². The van der Waals surface area contributed by atoms with Crippen LogP contribution in [0, 0.1) is 0 Å². The van der Waals surface area contributed by atoms with E-state index in [4.69, 9.17) is 16.3 Å². The third-order valence-electron chi connectivity index (χ3n) is 8.42. The van der Waals surface area contributed by atoms with Crippen molar-refractivity contribution in [1.82, 2.24) is 20.1 Å². The van der Waals surface area contributed by atoms with Crippen LogP contribution in [0.4, 0.5) is 10.5 Å². The van der Waals surface area contributed by atoms with E-state index in [9.17, 15) is 14.4 Å². The summed E-state index contributed by atoms with van der Waals surface area (Å²) in [6, 6.07) is 20.4. The van der Waals surface area contributed by atoms with Crippen molar-refractivity contribution < 1.29 is 19.1 Å². The monoisotopic (exact) mass is 583 g/mol. The second-order valence-corrected chi connectivity index (χ2v) is 11.3. The normalized spacial score (nSPS) is 20.6. The Morgan fingerprint density at radius 1 is 1.00 bits per heavy atom. The minimum absolute atomic E-state index is 0.282. The molecular formula is C32H30ClN5O4. The van der Waals surface area contributed by atoms with Crippen molar-refractivity contribution in [3.05, 3.63) is 100 Å². The molecular weight excluding hydrogens is 554 g/mol. The Balaban J connectivity index is 1.23. The molecule has 0 aliphatic carbocycles. The summed E-state index contributed by atoms with van der Waals surface area (Å²) in [5, 5.41) is 4.54. The molecule has 214 valence electrons. The summed E-state index contributed by atoms with van der Waals surface area (Å²) in [6.45, 7) is 4.16. The Labute approximate surface area is 248 Å². The van der Waals surface area contributed by atoms with Crippen LogP contribution in [0.2, 0.25) is 5.02 Å². The summed E-state index contributed by atoms with van der Waals surface area (Å²) in [6.07, 6.45) is 0.366. The number of morpholine rings is 1. The van der Waals surface area contributed by atoms with Crippen LogP contribution in [0.3, 0.4) is 0 Å². The molecule has 1 unspecified atom stereocenters. The van der Waals surface area contributed by atoms with Crippen LogP contribution in [0.15, 0.2) is 72.8 Å². The van der Waals surface area contributed by atoms with Crippen LogP contribution in [-0.4, -0.2) is 78.1 Å². The number of anilines is 1. The molecule has 4 amide bonds. The van der Waals surface area contributed by atoms with Gasteiger partial charge in [0.15, 0.2) is 0 Å². The van der Waals surface area contributed by atoms with Crippen molar-refractivity contribution in [3.8, 4) is 0 Å². The van der Waals surface area contributed by atoms with Crippen molar-refractivity contribution in [2.45, 2.75) is 18.5 Å². The van der Waals surface area contributed by atoms with Gasteiger partial charge in [-0.05, 0) is 41.5 Å². The molecule has 3 aromatic carbocycles. The lowest BCUT2D eigenvalue weighted by Gasteiger charge is -2.36. The summed E-state index contributed by atoms with van der Waals surface area (Å²) in [5.74, 6) is -0.677. The number of nitrogens with zero attached hydrogens (tertiary/aromatic N) is 3. The molecule has 2 fully saturated rings. The molecule has 9 nitrogen and oxygen atoms in total. The molecule has 2 N–H and O–H groups in total. The third kappa shape index (κ3) is 4.54. The van der Waals surface area contributed by atoms with Crippen LogP contribution in [-0.2, 0) is 16.0 Å². The Morgan fingerprint density at radius 3 is 2.62 bits per heavy atom. The van der Waals surface area contributed by atoms with Gasteiger partial charge in [-0.25, -0.2) is 9.69 Å². The van der Waals surface area contributed by atoms with Crippen LogP contribution >= 0.6 is 11.6 Å². The zero-order valence-corrected chi connectivity index (χ0v) is 23.6. The van der Waals surface area contributed by atoms with Crippen LogP contribution < -0.4 is 10.2 Å². The van der Waals surface area contributed by atoms with E-state index in [1.54, 1.807) is 35.2 Å². The number of rotatable bonds is 6. The van der Waals surface area contributed by atoms with E-state index in [1.807, 2.05) is 42.5 Å². The second kappa shape index (κ2) is 10.9. The molecule has 4 heterocycles. The summed E-state index contributed by atoms with van der Waals surface area (Å²) in [7, 11) is 0. The molecule has 0 radical (unpaired) electrons. The number of hydrogen-bond donors (Lipinski definition) is 2. The molecule has 7 rings (SSSR count). The molecule has 4 aromatic rings. The zero-order chi connectivity index (χ0) is 28.8. The fraction of sp³-hybridized carbons (Fsp3) is 0.281. The number of aromatic amines is 1. The first-order valence-corrected chi connectivity index (χ1v) is 14.6. The number of hydrogen-bond acceptors (Lipinski definition) is 5. The van der Waals surface area contributed by atoms with Crippen molar-refractivity contribution in [2.75, 3.05) is 44.3 Å². The first-order chi connectivity index (χ1) is 20.5. The molecule has 3 aliphatic rings. The smallest absolute Gasteiger partial charge is 0.332 e. The number of carbonyl (C=O) groups excluding carboxylic acids is 3. The fourth-order valence-electron chi connectivity index (χ4n) is 6.43. The van der Waals surface area contributed by atoms with Crippen LogP contribution in [0.1, 0.15) is 33.2 Å². The Hall–Kier alpha value is -4.18. The van der Waals surface area contributed by atoms with Gasteiger partial charge in [0.05, 0.1) is 24.5 Å². The number of benzene rings is 3. The molecule has 0 saturated carbocycles. The minimum atomic E-state index is -0.731. The van der Waals surface area contributed by atoms with Gasteiger partial charge in [0.1, 0.15) is 12.1 Å². The lowest BCUT2D eigenvalue weighted by Crippen LogP contribution is -2.44. The quantitative estimate of drug-likeness (QED) is 0.329. The number of amides is 4. The lowest BCUT2D eigenvalue weighted by molar-refractivity contribution is -0.120. The fourth-order valence-corrected chi connectivity index (χ4v) is 6.63. The number of halogens is 1. The summed E-state index contributed by atoms with van der Waals surface area (Å²) >= 11 is 6.40. The van der Waals surface area contributed by atoms with Crippen molar-refractivity contribution in [2.24, 2.45) is 0 Å². The standard InChI is InChI=1S/C32H30ClN5O4/c33-21-7-5-6-20(18-21)29-28-24(22-8-1-3-10-25(22)35-28)19-27-31(40)38(32(41)37(27)29)26-11-4-2-9-23(26)30(39)34-12-13-36-14-16-42-17-15-36/h1-11,18,27,29,35H,12-17,19H2,(H,34,39)/t27-,29?/m0/s1. The van der Waals surface area contributed by atoms with E-state index in [-0.39, 0.29) is 23.1 Å². The van der Waals surface area contributed by atoms with Gasteiger partial charge in [0, 0.05) is 54.2 Å². The molecule has 42 heavy (non-hydrogen) atoms. The number of nitrogens with one attached hydrogen (secondary N) is 2. The maximum absolute atomic E-state index is 14.3. The highest BCUT2D eigenvalue weighted by Crippen LogP contribution is 2.45. The average molecular weight is 584 g/mol. The largest absolute Gasteiger partial charge is 0.379 e. The molecule has 3 aliphatic heterocycles. The maximum Gasteiger partial charge on any atom is 0.332 e. The lowest BCUT2D eigenvalue weighted by atomic mass is 9.89. The van der Waals surface area contributed by atoms with Gasteiger partial charge < -0.3 is 15.0 Å². The van der Waals surface area contributed by atoms with Gasteiger partial charge in [-0.1, -0.05) is 54.1 Å². The Morgan fingerprint density at radius 2 is 1.79 bits per heavy atom. The van der Waals surface area contributed by atoms with Crippen molar-refractivity contribution in [1.29, 1.82) is 0 Å².